The van der Waals surface area contributed by atoms with Crippen molar-refractivity contribution >= 4 is 5.69 Å². The largest absolute Gasteiger partial charge is 0.145 e. The highest BCUT2D eigenvalue weighted by molar-refractivity contribution is 5.58. The third-order valence-electron chi connectivity index (χ3n) is 4.99. The van der Waals surface area contributed by atoms with E-state index in [2.05, 4.69) is 24.2 Å². The van der Waals surface area contributed by atoms with Crippen LogP contribution in [0.4, 0.5) is 5.69 Å². The fourth-order valence-electron chi connectivity index (χ4n) is 4.04. The summed E-state index contributed by atoms with van der Waals surface area (Å²) in [6, 6.07) is 4.43. The van der Waals surface area contributed by atoms with Crippen LogP contribution >= 0.6 is 0 Å². The van der Waals surface area contributed by atoms with E-state index in [-0.39, 0.29) is 0 Å². The van der Waals surface area contributed by atoms with Gasteiger partial charge in [0.25, 0.3) is 0 Å². The summed E-state index contributed by atoms with van der Waals surface area (Å²) in [6.07, 6.45) is 10.1. The van der Waals surface area contributed by atoms with E-state index in [1.807, 2.05) is 0 Å². The van der Waals surface area contributed by atoms with Crippen LogP contribution in [-0.4, -0.2) is 0 Å². The lowest BCUT2D eigenvalue weighted by Crippen LogP contribution is -2.00. The molecule has 0 aliphatic heterocycles. The van der Waals surface area contributed by atoms with Crippen molar-refractivity contribution < 1.29 is 0 Å². The van der Waals surface area contributed by atoms with Crippen molar-refractivity contribution in [2.45, 2.75) is 70.1 Å². The van der Waals surface area contributed by atoms with E-state index in [1.165, 1.54) is 68.1 Å². The fourth-order valence-corrected chi connectivity index (χ4v) is 4.04. The van der Waals surface area contributed by atoms with Crippen LogP contribution in [0, 0.1) is 11.8 Å². The number of nitrogens with zero attached hydrogens (tertiary/aromatic N) is 1. The van der Waals surface area contributed by atoms with Crippen molar-refractivity contribution in [1.29, 1.82) is 0 Å². The second-order valence-corrected chi connectivity index (χ2v) is 6.35. The van der Waals surface area contributed by atoms with Gasteiger partial charge in [0.1, 0.15) is 5.69 Å². The van der Waals surface area contributed by atoms with Gasteiger partial charge in [-0.2, -0.15) is 0 Å². The van der Waals surface area contributed by atoms with Gasteiger partial charge in [-0.05, 0) is 60.7 Å². The van der Waals surface area contributed by atoms with Gasteiger partial charge >= 0.3 is 0 Å². The summed E-state index contributed by atoms with van der Waals surface area (Å²) in [4.78, 5) is 11.4. The molecule has 1 aromatic rings. The summed E-state index contributed by atoms with van der Waals surface area (Å²) < 4.78 is 0. The summed E-state index contributed by atoms with van der Waals surface area (Å²) in [5, 5.41) is 3.45. The molecule has 19 heavy (non-hydrogen) atoms. The predicted molar refractivity (Wildman–Crippen MR) is 79.1 cm³/mol. The van der Waals surface area contributed by atoms with Gasteiger partial charge in [0.2, 0.25) is 0 Å². The van der Waals surface area contributed by atoms with E-state index in [0.29, 0.717) is 11.8 Å². The zero-order valence-corrected chi connectivity index (χ0v) is 11.8. The Morgan fingerprint density at radius 3 is 1.68 bits per heavy atom. The molecule has 0 aromatic heterocycles. The lowest BCUT2D eigenvalue weighted by atomic mass is 9.87. The van der Waals surface area contributed by atoms with Gasteiger partial charge in [-0.1, -0.05) is 43.4 Å². The number of hydrogen-bond donors (Lipinski definition) is 0. The fraction of sp³-hybridized carbons (Fsp3) is 0.647. The molecule has 2 heteroatoms. The molecule has 0 atom stereocenters. The maximum Gasteiger partial charge on any atom is 0.114 e. The Morgan fingerprint density at radius 1 is 0.895 bits per heavy atom. The van der Waals surface area contributed by atoms with Gasteiger partial charge in [0.15, 0.2) is 0 Å². The minimum absolute atomic E-state index is 0.577. The first-order valence-electron chi connectivity index (χ1n) is 7.77. The van der Waals surface area contributed by atoms with Crippen LogP contribution in [0.25, 0.3) is 0 Å². The Labute approximate surface area is 115 Å². The highest BCUT2D eigenvalue weighted by atomic mass is 16.3. The van der Waals surface area contributed by atoms with Crippen LogP contribution in [0.2, 0.25) is 0 Å². The van der Waals surface area contributed by atoms with Crippen LogP contribution in [-0.2, 0) is 0 Å². The molecule has 0 N–H and O–H groups in total. The molecule has 1 aromatic carbocycles. The molecule has 0 heterocycles. The number of benzene rings is 1. The number of rotatable bonds is 3. The second-order valence-electron chi connectivity index (χ2n) is 6.35. The summed E-state index contributed by atoms with van der Waals surface area (Å²) in [5.74, 6) is 1.15. The first-order valence-corrected chi connectivity index (χ1v) is 7.77. The Bertz CT molecular complexity index is 431. The molecular weight excluding hydrogens is 234 g/mol. The first kappa shape index (κ1) is 12.8. The molecule has 2 nitrogen and oxygen atoms in total. The minimum Gasteiger partial charge on any atom is -0.145 e. The van der Waals surface area contributed by atoms with Gasteiger partial charge in [-0.15, -0.1) is 4.91 Å². The van der Waals surface area contributed by atoms with Crippen LogP contribution < -0.4 is 0 Å². The monoisotopic (exact) mass is 257 g/mol. The number of hydrogen-bond acceptors (Lipinski definition) is 2. The van der Waals surface area contributed by atoms with Crippen LogP contribution in [0.1, 0.15) is 79.9 Å². The van der Waals surface area contributed by atoms with Crippen molar-refractivity contribution in [3.63, 3.8) is 0 Å². The van der Waals surface area contributed by atoms with E-state index in [0.717, 1.165) is 5.69 Å². The topological polar surface area (TPSA) is 29.4 Å². The molecule has 2 fully saturated rings. The molecule has 2 aliphatic carbocycles. The van der Waals surface area contributed by atoms with Crippen molar-refractivity contribution in [1.82, 2.24) is 0 Å². The van der Waals surface area contributed by atoms with E-state index >= 15 is 0 Å². The Balaban J connectivity index is 2.04. The molecular formula is C17H23NO. The SMILES string of the molecule is Cc1cc(C2CCCC2)c(N=O)c(C2CCCC2)c1. The average Bonchev–Trinajstić information content (AvgIpc) is 3.11. The lowest BCUT2D eigenvalue weighted by molar-refractivity contribution is 0.700. The second kappa shape index (κ2) is 5.44. The van der Waals surface area contributed by atoms with E-state index in [9.17, 15) is 4.91 Å². The summed E-state index contributed by atoms with van der Waals surface area (Å²) in [6.45, 7) is 2.16. The molecule has 0 spiro atoms. The van der Waals surface area contributed by atoms with Gasteiger partial charge in [-0.3, -0.25) is 0 Å². The summed E-state index contributed by atoms with van der Waals surface area (Å²) in [7, 11) is 0. The van der Waals surface area contributed by atoms with Crippen molar-refractivity contribution in [2.75, 3.05) is 0 Å². The molecule has 3 rings (SSSR count). The number of aryl methyl sites for hydroxylation is 1. The van der Waals surface area contributed by atoms with Crippen LogP contribution in [0.3, 0.4) is 0 Å². The maximum absolute atomic E-state index is 11.4. The Morgan fingerprint density at radius 2 is 1.32 bits per heavy atom. The lowest BCUT2D eigenvalue weighted by Gasteiger charge is -2.19. The third-order valence-corrected chi connectivity index (χ3v) is 4.99. The quantitative estimate of drug-likeness (QED) is 0.638. The first-order chi connectivity index (χ1) is 9.29. The maximum atomic E-state index is 11.4. The highest BCUT2D eigenvalue weighted by Crippen LogP contribution is 2.45. The molecule has 0 unspecified atom stereocenters. The molecule has 0 bridgehead atoms. The molecule has 0 saturated heterocycles. The van der Waals surface area contributed by atoms with E-state index in [1.54, 1.807) is 0 Å². The van der Waals surface area contributed by atoms with Gasteiger partial charge in [-0.25, -0.2) is 0 Å². The molecule has 0 amide bonds. The summed E-state index contributed by atoms with van der Waals surface area (Å²) >= 11 is 0. The minimum atomic E-state index is 0.577. The third kappa shape index (κ3) is 2.45. The standard InChI is InChI=1S/C17H23NO/c1-12-10-15(13-6-2-3-7-13)17(18-19)16(11-12)14-8-4-5-9-14/h10-11,13-14H,2-9H2,1H3. The molecule has 2 saturated carbocycles. The van der Waals surface area contributed by atoms with Crippen molar-refractivity contribution in [3.8, 4) is 0 Å². The average molecular weight is 257 g/mol. The normalized spacial score (nSPS) is 21.1. The number of nitroso groups, excluding NO2 is 1. The Hall–Kier alpha value is -1.18. The molecule has 2 aliphatic rings. The predicted octanol–water partition coefficient (Wildman–Crippen LogP) is 5.71. The van der Waals surface area contributed by atoms with Crippen LogP contribution in [0.15, 0.2) is 17.3 Å². The van der Waals surface area contributed by atoms with Crippen molar-refractivity contribution in [2.24, 2.45) is 5.18 Å². The zero-order valence-electron chi connectivity index (χ0n) is 11.8. The van der Waals surface area contributed by atoms with Crippen LogP contribution in [0.5, 0.6) is 0 Å². The van der Waals surface area contributed by atoms with E-state index in [4.69, 9.17) is 0 Å². The van der Waals surface area contributed by atoms with Gasteiger partial charge in [0.05, 0.1) is 0 Å². The van der Waals surface area contributed by atoms with Gasteiger partial charge in [0, 0.05) is 0 Å². The Kier molecular flexibility index (Phi) is 3.67. The smallest absolute Gasteiger partial charge is 0.114 e. The van der Waals surface area contributed by atoms with E-state index < -0.39 is 0 Å². The molecule has 0 radical (unpaired) electrons. The molecule has 102 valence electrons. The van der Waals surface area contributed by atoms with Gasteiger partial charge < -0.3 is 0 Å². The summed E-state index contributed by atoms with van der Waals surface area (Å²) in [5.41, 5.74) is 4.59. The highest BCUT2D eigenvalue weighted by Gasteiger charge is 2.26. The zero-order chi connectivity index (χ0) is 13.2. The van der Waals surface area contributed by atoms with Crippen molar-refractivity contribution in [3.05, 3.63) is 33.7 Å².